The van der Waals surface area contributed by atoms with Crippen molar-refractivity contribution < 1.29 is 9.53 Å². The summed E-state index contributed by atoms with van der Waals surface area (Å²) in [5.41, 5.74) is 0. The molecule has 0 unspecified atom stereocenters. The van der Waals surface area contributed by atoms with Crippen molar-refractivity contribution in [3.63, 3.8) is 0 Å². The van der Waals surface area contributed by atoms with Crippen molar-refractivity contribution in [1.82, 2.24) is 14.8 Å². The molecule has 4 rings (SSSR count). The predicted molar refractivity (Wildman–Crippen MR) is 87.1 cm³/mol. The molecule has 2 aliphatic heterocycles. The molecule has 124 valence electrons. The molecule has 5 nitrogen and oxygen atoms in total. The van der Waals surface area contributed by atoms with Crippen LogP contribution in [-0.4, -0.2) is 59.5 Å². The number of rotatable bonds is 4. The molecular weight excluding hydrogens is 290 g/mol. The van der Waals surface area contributed by atoms with Crippen molar-refractivity contribution in [2.24, 2.45) is 11.8 Å². The normalized spacial score (nSPS) is 30.6. The first-order valence-corrected chi connectivity index (χ1v) is 8.86. The van der Waals surface area contributed by atoms with Crippen molar-refractivity contribution in [3.8, 4) is 5.75 Å². The second kappa shape index (κ2) is 6.48. The minimum Gasteiger partial charge on any atom is -0.488 e. The Labute approximate surface area is 137 Å². The fourth-order valence-corrected chi connectivity index (χ4v) is 4.43. The van der Waals surface area contributed by atoms with E-state index in [4.69, 9.17) is 4.74 Å². The molecular formula is C18H25N3O2. The lowest BCUT2D eigenvalue weighted by Gasteiger charge is -2.23. The number of aromatic nitrogens is 1. The second-order valence-corrected chi connectivity index (χ2v) is 7.13. The molecule has 0 spiro atoms. The zero-order valence-corrected chi connectivity index (χ0v) is 13.6. The smallest absolute Gasteiger partial charge is 0.236 e. The first-order valence-electron chi connectivity index (χ1n) is 8.86. The van der Waals surface area contributed by atoms with Gasteiger partial charge in [0.05, 0.1) is 12.7 Å². The van der Waals surface area contributed by atoms with Crippen LogP contribution in [0.15, 0.2) is 24.5 Å². The van der Waals surface area contributed by atoms with Gasteiger partial charge in [0.25, 0.3) is 0 Å². The molecule has 0 N–H and O–H groups in total. The summed E-state index contributed by atoms with van der Waals surface area (Å²) in [6, 6.07) is 3.89. The molecule has 23 heavy (non-hydrogen) atoms. The van der Waals surface area contributed by atoms with Gasteiger partial charge in [-0.05, 0) is 43.7 Å². The fourth-order valence-electron chi connectivity index (χ4n) is 4.43. The van der Waals surface area contributed by atoms with Crippen LogP contribution in [0.5, 0.6) is 5.75 Å². The van der Waals surface area contributed by atoms with Crippen LogP contribution < -0.4 is 4.74 Å². The zero-order chi connectivity index (χ0) is 15.6. The van der Waals surface area contributed by atoms with Gasteiger partial charge in [0.2, 0.25) is 5.91 Å². The largest absolute Gasteiger partial charge is 0.488 e. The standard InChI is InChI=1S/C18H25N3O2/c22-18(21-8-1-2-9-21)13-20-11-14-5-6-17(16(14)12-20)23-15-4-3-7-19-10-15/h3-4,7,10,14,16-17H,1-2,5-6,8-9,11-13H2/t14-,16+,17-/m1/s1. The molecule has 1 aliphatic carbocycles. The Morgan fingerprint density at radius 2 is 2.13 bits per heavy atom. The van der Waals surface area contributed by atoms with Gasteiger partial charge in [0.15, 0.2) is 0 Å². The highest BCUT2D eigenvalue weighted by molar-refractivity contribution is 5.78. The number of pyridine rings is 1. The maximum atomic E-state index is 12.3. The van der Waals surface area contributed by atoms with Crippen LogP contribution >= 0.6 is 0 Å². The lowest BCUT2D eigenvalue weighted by molar-refractivity contribution is -0.131. The van der Waals surface area contributed by atoms with Crippen LogP contribution in [0.2, 0.25) is 0 Å². The molecule has 1 aromatic heterocycles. The average molecular weight is 315 g/mol. The van der Waals surface area contributed by atoms with Crippen molar-refractivity contribution in [2.75, 3.05) is 32.7 Å². The van der Waals surface area contributed by atoms with Gasteiger partial charge >= 0.3 is 0 Å². The van der Waals surface area contributed by atoms with Gasteiger partial charge in [-0.3, -0.25) is 14.7 Å². The van der Waals surface area contributed by atoms with Gasteiger partial charge in [-0.2, -0.15) is 0 Å². The molecule has 0 aromatic carbocycles. The van der Waals surface area contributed by atoms with Gasteiger partial charge in [0, 0.05) is 38.3 Å². The van der Waals surface area contributed by atoms with E-state index in [2.05, 4.69) is 9.88 Å². The summed E-state index contributed by atoms with van der Waals surface area (Å²) in [6.45, 7) is 4.54. The van der Waals surface area contributed by atoms with Crippen LogP contribution in [-0.2, 0) is 4.79 Å². The predicted octanol–water partition coefficient (Wildman–Crippen LogP) is 1.79. The van der Waals surface area contributed by atoms with Crippen LogP contribution in [0.3, 0.4) is 0 Å². The molecule has 3 heterocycles. The number of amides is 1. The molecule has 2 saturated heterocycles. The van der Waals surface area contributed by atoms with E-state index < -0.39 is 0 Å². The minimum absolute atomic E-state index is 0.274. The molecule has 3 atom stereocenters. The van der Waals surface area contributed by atoms with Crippen LogP contribution in [0.1, 0.15) is 25.7 Å². The maximum absolute atomic E-state index is 12.3. The maximum Gasteiger partial charge on any atom is 0.236 e. The lowest BCUT2D eigenvalue weighted by atomic mass is 9.99. The Kier molecular flexibility index (Phi) is 4.21. The summed E-state index contributed by atoms with van der Waals surface area (Å²) in [7, 11) is 0. The molecule has 0 bridgehead atoms. The van der Waals surface area contributed by atoms with Crippen molar-refractivity contribution in [2.45, 2.75) is 31.8 Å². The third kappa shape index (κ3) is 3.20. The van der Waals surface area contributed by atoms with Crippen LogP contribution in [0.25, 0.3) is 0 Å². The van der Waals surface area contributed by atoms with E-state index >= 15 is 0 Å². The van der Waals surface area contributed by atoms with Crippen LogP contribution in [0, 0.1) is 11.8 Å². The SMILES string of the molecule is O=C(CN1C[C@H]2CC[C@@H](Oc3cccnc3)[C@H]2C1)N1CCCC1. The van der Waals surface area contributed by atoms with Gasteiger partial charge in [-0.25, -0.2) is 0 Å². The van der Waals surface area contributed by atoms with Gasteiger partial charge in [-0.15, -0.1) is 0 Å². The van der Waals surface area contributed by atoms with E-state index in [-0.39, 0.29) is 6.10 Å². The molecule has 1 saturated carbocycles. The Hall–Kier alpha value is -1.62. The van der Waals surface area contributed by atoms with E-state index in [1.54, 1.807) is 12.4 Å². The van der Waals surface area contributed by atoms with Crippen molar-refractivity contribution >= 4 is 5.91 Å². The molecule has 0 radical (unpaired) electrons. The zero-order valence-electron chi connectivity index (χ0n) is 13.6. The Balaban J connectivity index is 1.33. The minimum atomic E-state index is 0.274. The molecule has 1 aromatic rings. The van der Waals surface area contributed by atoms with E-state index in [1.807, 2.05) is 17.0 Å². The highest BCUT2D eigenvalue weighted by Gasteiger charge is 2.44. The Morgan fingerprint density at radius 3 is 2.91 bits per heavy atom. The lowest BCUT2D eigenvalue weighted by Crippen LogP contribution is -2.39. The van der Waals surface area contributed by atoms with Gasteiger partial charge in [-0.1, -0.05) is 0 Å². The summed E-state index contributed by atoms with van der Waals surface area (Å²) in [6.07, 6.45) is 8.50. The number of nitrogens with zero attached hydrogens (tertiary/aromatic N) is 3. The van der Waals surface area contributed by atoms with Crippen molar-refractivity contribution in [1.29, 1.82) is 0 Å². The first kappa shape index (κ1) is 14.9. The molecule has 5 heteroatoms. The number of carbonyl (C=O) groups is 1. The summed E-state index contributed by atoms with van der Waals surface area (Å²) in [4.78, 5) is 20.8. The van der Waals surface area contributed by atoms with E-state index in [1.165, 1.54) is 6.42 Å². The number of carbonyl (C=O) groups excluding carboxylic acids is 1. The number of likely N-dealkylation sites (tertiary alicyclic amines) is 2. The number of fused-ring (bicyclic) bond motifs is 1. The van der Waals surface area contributed by atoms with E-state index in [0.717, 1.165) is 51.2 Å². The summed E-state index contributed by atoms with van der Waals surface area (Å²) in [5.74, 6) is 2.42. The topological polar surface area (TPSA) is 45.7 Å². The van der Waals surface area contributed by atoms with Gasteiger partial charge < -0.3 is 9.64 Å². The molecule has 1 amide bonds. The highest BCUT2D eigenvalue weighted by Crippen LogP contribution is 2.40. The average Bonchev–Trinajstić information content (AvgIpc) is 3.27. The van der Waals surface area contributed by atoms with E-state index in [0.29, 0.717) is 24.3 Å². The quantitative estimate of drug-likeness (QED) is 0.850. The Bertz CT molecular complexity index is 544. The van der Waals surface area contributed by atoms with Crippen LogP contribution in [0.4, 0.5) is 0 Å². The summed E-state index contributed by atoms with van der Waals surface area (Å²) >= 11 is 0. The van der Waals surface area contributed by atoms with E-state index in [9.17, 15) is 4.79 Å². The summed E-state index contributed by atoms with van der Waals surface area (Å²) < 4.78 is 6.16. The second-order valence-electron chi connectivity index (χ2n) is 7.13. The third-order valence-electron chi connectivity index (χ3n) is 5.61. The number of ether oxygens (including phenoxy) is 1. The first-order chi connectivity index (χ1) is 11.3. The third-order valence-corrected chi connectivity index (χ3v) is 5.61. The summed E-state index contributed by atoms with van der Waals surface area (Å²) in [5, 5.41) is 0. The fraction of sp³-hybridized carbons (Fsp3) is 0.667. The monoisotopic (exact) mass is 315 g/mol. The highest BCUT2D eigenvalue weighted by atomic mass is 16.5. The van der Waals surface area contributed by atoms with Crippen molar-refractivity contribution in [3.05, 3.63) is 24.5 Å². The van der Waals surface area contributed by atoms with Gasteiger partial charge in [0.1, 0.15) is 11.9 Å². The Morgan fingerprint density at radius 1 is 1.26 bits per heavy atom. The number of hydrogen-bond acceptors (Lipinski definition) is 4. The molecule has 3 aliphatic rings. The number of hydrogen-bond donors (Lipinski definition) is 0. The molecule has 3 fully saturated rings.